The first kappa shape index (κ1) is 16.6. The van der Waals surface area contributed by atoms with Crippen molar-refractivity contribution in [3.8, 4) is 0 Å². The fraction of sp³-hybridized carbons (Fsp3) is 0.429. The summed E-state index contributed by atoms with van der Waals surface area (Å²) < 4.78 is 0. The van der Waals surface area contributed by atoms with Crippen LogP contribution in [0.4, 0.5) is 5.69 Å². The van der Waals surface area contributed by atoms with Crippen molar-refractivity contribution in [1.82, 2.24) is 0 Å². The summed E-state index contributed by atoms with van der Waals surface area (Å²) in [5, 5.41) is 0. The summed E-state index contributed by atoms with van der Waals surface area (Å²) in [6.45, 7) is 8.86. The molecule has 118 valence electrons. The Balaban J connectivity index is 2.20. The van der Waals surface area contributed by atoms with Gasteiger partial charge in [-0.1, -0.05) is 61.9 Å². The minimum absolute atomic E-state index is 0.461. The molecule has 1 atom stereocenters. The highest BCUT2D eigenvalue weighted by Gasteiger charge is 2.24. The predicted octanol–water partition coefficient (Wildman–Crippen LogP) is 6.25. The van der Waals surface area contributed by atoms with Crippen LogP contribution in [-0.2, 0) is 0 Å². The predicted molar refractivity (Wildman–Crippen MR) is 98.1 cm³/mol. The van der Waals surface area contributed by atoms with E-state index in [9.17, 15) is 0 Å². The zero-order valence-corrected chi connectivity index (χ0v) is 14.1. The molecule has 0 saturated heterocycles. The fourth-order valence-corrected chi connectivity index (χ4v) is 3.11. The molecule has 1 aromatic carbocycles. The second kappa shape index (κ2) is 8.63. The molecule has 1 aliphatic carbocycles. The Morgan fingerprint density at radius 3 is 2.73 bits per heavy atom. The maximum Gasteiger partial charge on any atom is 0.0545 e. The molecule has 1 heteroatoms. The van der Waals surface area contributed by atoms with E-state index in [4.69, 9.17) is 0 Å². The van der Waals surface area contributed by atoms with E-state index in [0.717, 1.165) is 12.8 Å². The van der Waals surface area contributed by atoms with Crippen LogP contribution in [0, 0.1) is 0 Å². The lowest BCUT2D eigenvalue weighted by molar-refractivity contribution is 0.586. The normalized spacial score (nSPS) is 18.3. The fourth-order valence-electron chi connectivity index (χ4n) is 3.11. The quantitative estimate of drug-likeness (QED) is 0.537. The number of hydrogen-bond donors (Lipinski definition) is 0. The van der Waals surface area contributed by atoms with Crippen molar-refractivity contribution in [2.45, 2.75) is 58.4 Å². The van der Waals surface area contributed by atoms with Crippen molar-refractivity contribution < 1.29 is 0 Å². The smallest absolute Gasteiger partial charge is 0.0545 e. The molecule has 0 amide bonds. The largest absolute Gasteiger partial charge is 0.338 e. The summed E-state index contributed by atoms with van der Waals surface area (Å²) in [4.78, 5) is 2.45. The molecule has 0 radical (unpaired) electrons. The molecule has 1 unspecified atom stereocenters. The number of unbranched alkanes of at least 4 members (excludes halogenated alkanes) is 1. The van der Waals surface area contributed by atoms with Crippen molar-refractivity contribution in [2.24, 2.45) is 0 Å². The lowest BCUT2D eigenvalue weighted by Crippen LogP contribution is -2.36. The number of allylic oxidation sites excluding steroid dienone is 3. The first-order valence-electron chi connectivity index (χ1n) is 8.57. The monoisotopic (exact) mass is 295 g/mol. The maximum atomic E-state index is 4.39. The molecule has 0 N–H and O–H groups in total. The van der Waals surface area contributed by atoms with Crippen LogP contribution in [-0.4, -0.2) is 6.04 Å². The van der Waals surface area contributed by atoms with Crippen LogP contribution in [0.3, 0.4) is 0 Å². The van der Waals surface area contributed by atoms with Gasteiger partial charge in [-0.2, -0.15) is 0 Å². The highest BCUT2D eigenvalue weighted by atomic mass is 15.2. The van der Waals surface area contributed by atoms with Gasteiger partial charge in [-0.25, -0.2) is 0 Å². The Hall–Kier alpha value is -1.76. The first-order chi connectivity index (χ1) is 10.7. The van der Waals surface area contributed by atoms with Gasteiger partial charge >= 0.3 is 0 Å². The average Bonchev–Trinajstić information content (AvgIpc) is 2.55. The third-order valence-electron chi connectivity index (χ3n) is 4.34. The molecular weight excluding hydrogens is 266 g/mol. The Kier molecular flexibility index (Phi) is 6.51. The molecule has 0 spiro atoms. The van der Waals surface area contributed by atoms with E-state index in [2.05, 4.69) is 73.9 Å². The minimum atomic E-state index is 0.461. The van der Waals surface area contributed by atoms with Gasteiger partial charge in [0.05, 0.1) is 6.04 Å². The van der Waals surface area contributed by atoms with Gasteiger partial charge in [0.25, 0.3) is 0 Å². The summed E-state index contributed by atoms with van der Waals surface area (Å²) in [5.41, 5.74) is 3.93. The number of para-hydroxylation sites is 1. The van der Waals surface area contributed by atoms with Crippen molar-refractivity contribution in [2.75, 3.05) is 4.90 Å². The number of nitrogens with zero attached hydrogens (tertiary/aromatic N) is 1. The molecule has 0 saturated carbocycles. The van der Waals surface area contributed by atoms with E-state index < -0.39 is 0 Å². The summed E-state index contributed by atoms with van der Waals surface area (Å²) in [6.07, 6.45) is 13.9. The van der Waals surface area contributed by atoms with Gasteiger partial charge in [0.1, 0.15) is 0 Å². The van der Waals surface area contributed by atoms with E-state index in [1.54, 1.807) is 0 Å². The molecule has 2 rings (SSSR count). The van der Waals surface area contributed by atoms with Crippen LogP contribution in [0.15, 0.2) is 66.4 Å². The zero-order chi connectivity index (χ0) is 15.8. The Morgan fingerprint density at radius 1 is 1.27 bits per heavy atom. The number of hydrogen-bond acceptors (Lipinski definition) is 1. The van der Waals surface area contributed by atoms with Gasteiger partial charge in [-0.05, 0) is 44.7 Å². The lowest BCUT2D eigenvalue weighted by atomic mass is 9.92. The average molecular weight is 295 g/mol. The van der Waals surface area contributed by atoms with Gasteiger partial charge in [0, 0.05) is 17.8 Å². The highest BCUT2D eigenvalue weighted by molar-refractivity contribution is 5.55. The van der Waals surface area contributed by atoms with Crippen LogP contribution < -0.4 is 4.90 Å². The molecule has 22 heavy (non-hydrogen) atoms. The van der Waals surface area contributed by atoms with Crippen LogP contribution >= 0.6 is 0 Å². The summed E-state index contributed by atoms with van der Waals surface area (Å²) in [7, 11) is 0. The lowest BCUT2D eigenvalue weighted by Gasteiger charge is -2.37. The van der Waals surface area contributed by atoms with E-state index in [1.807, 2.05) is 0 Å². The third-order valence-corrected chi connectivity index (χ3v) is 4.34. The number of benzene rings is 1. The summed E-state index contributed by atoms with van der Waals surface area (Å²) >= 11 is 0. The van der Waals surface area contributed by atoms with Crippen molar-refractivity contribution in [3.05, 3.63) is 66.4 Å². The van der Waals surface area contributed by atoms with Crippen molar-refractivity contribution in [3.63, 3.8) is 0 Å². The molecular formula is C21H29N. The molecule has 1 aliphatic rings. The van der Waals surface area contributed by atoms with E-state index >= 15 is 0 Å². The van der Waals surface area contributed by atoms with Gasteiger partial charge in [0.15, 0.2) is 0 Å². The Morgan fingerprint density at radius 2 is 2.05 bits per heavy atom. The number of anilines is 1. The standard InChI is InChI=1S/C21H29N/c1-4-5-6-8-14-19(3)22(20-15-9-7-10-16-20)21-17-12-11-13-18(21)2/h6-10,13,15-16,21H,3-5,11-12,14,17H2,1-2H3/b8-6-. The topological polar surface area (TPSA) is 3.24 Å². The number of rotatable bonds is 7. The van der Waals surface area contributed by atoms with E-state index in [0.29, 0.717) is 6.04 Å². The van der Waals surface area contributed by atoms with Gasteiger partial charge < -0.3 is 4.90 Å². The van der Waals surface area contributed by atoms with Crippen LogP contribution in [0.2, 0.25) is 0 Å². The summed E-state index contributed by atoms with van der Waals surface area (Å²) in [5.74, 6) is 0. The molecule has 0 aliphatic heterocycles. The molecule has 0 aromatic heterocycles. The van der Waals surface area contributed by atoms with Crippen LogP contribution in [0.1, 0.15) is 52.4 Å². The molecule has 1 aromatic rings. The maximum absolute atomic E-state index is 4.39. The Labute approximate surface area is 136 Å². The second-order valence-electron chi connectivity index (χ2n) is 6.13. The first-order valence-corrected chi connectivity index (χ1v) is 8.57. The van der Waals surface area contributed by atoms with Gasteiger partial charge in [-0.15, -0.1) is 0 Å². The molecule has 1 nitrogen and oxygen atoms in total. The van der Waals surface area contributed by atoms with Crippen LogP contribution in [0.5, 0.6) is 0 Å². The van der Waals surface area contributed by atoms with Gasteiger partial charge in [-0.3, -0.25) is 0 Å². The van der Waals surface area contributed by atoms with Crippen molar-refractivity contribution in [1.29, 1.82) is 0 Å². The summed E-state index contributed by atoms with van der Waals surface area (Å²) in [6, 6.07) is 11.2. The Bertz CT molecular complexity index is 524. The van der Waals surface area contributed by atoms with E-state index in [-0.39, 0.29) is 0 Å². The van der Waals surface area contributed by atoms with Crippen LogP contribution in [0.25, 0.3) is 0 Å². The van der Waals surface area contributed by atoms with Gasteiger partial charge in [0.2, 0.25) is 0 Å². The van der Waals surface area contributed by atoms with E-state index in [1.165, 1.54) is 42.6 Å². The molecule has 0 fully saturated rings. The SMILES string of the molecule is C=C(C/C=C\CCC)N(c1ccccc1)C1CCCC=C1C. The second-order valence-corrected chi connectivity index (χ2v) is 6.13. The highest BCUT2D eigenvalue weighted by Crippen LogP contribution is 2.31. The minimum Gasteiger partial charge on any atom is -0.338 e. The third kappa shape index (κ3) is 4.37. The zero-order valence-electron chi connectivity index (χ0n) is 14.1. The van der Waals surface area contributed by atoms with Crippen molar-refractivity contribution >= 4 is 5.69 Å². The molecule has 0 heterocycles. The molecule has 0 bridgehead atoms.